The largest absolute Gasteiger partial charge is 0.494 e. The standard InChI is InChI=1S/C33H34FN9O3/c1-6-28(44)36-23-11-24(27(45-5)12-26(23)43(4)31-21-15-41(2)16-22(21)31)37-33-35-14-19(32-40-39-29(13-34)46-32)30(38-33)20-17-42(3)25-10-8-7-9-18(20)25/h6-12,14,17,21-22,31H,1,13,15-16H2,2-5H3,(H,36,44)(H,35,37,38). The summed E-state index contributed by atoms with van der Waals surface area (Å²) in [6, 6.07) is 12.0. The van der Waals surface area contributed by atoms with Crippen molar-refractivity contribution in [2.45, 2.75) is 12.7 Å². The number of methoxy groups -OCH3 is 1. The highest BCUT2D eigenvalue weighted by Gasteiger charge is 2.57. The number of nitrogens with one attached hydrogen (secondary N) is 2. The van der Waals surface area contributed by atoms with E-state index in [2.05, 4.69) is 56.3 Å². The van der Waals surface area contributed by atoms with Crippen molar-refractivity contribution in [2.24, 2.45) is 18.9 Å². The van der Waals surface area contributed by atoms with Crippen LogP contribution in [0.15, 0.2) is 65.9 Å². The van der Waals surface area contributed by atoms with E-state index in [-0.39, 0.29) is 23.6 Å². The first-order valence-corrected chi connectivity index (χ1v) is 14.9. The van der Waals surface area contributed by atoms with Gasteiger partial charge in [-0.1, -0.05) is 24.8 Å². The number of rotatable bonds is 10. The van der Waals surface area contributed by atoms with Crippen molar-refractivity contribution in [3.05, 3.63) is 67.3 Å². The number of aromatic nitrogens is 5. The quantitative estimate of drug-likeness (QED) is 0.205. The number of fused-ring (bicyclic) bond motifs is 2. The molecule has 3 aromatic heterocycles. The average molecular weight is 624 g/mol. The number of carbonyl (C=O) groups excluding carboxylic acids is 1. The predicted molar refractivity (Wildman–Crippen MR) is 174 cm³/mol. The number of aryl methyl sites for hydroxylation is 1. The highest BCUT2D eigenvalue weighted by Crippen LogP contribution is 2.51. The Labute approximate surface area is 264 Å². The molecule has 7 rings (SSSR count). The molecule has 2 unspecified atom stereocenters. The summed E-state index contributed by atoms with van der Waals surface area (Å²) in [5, 5.41) is 15.1. The fourth-order valence-corrected chi connectivity index (χ4v) is 6.72. The fourth-order valence-electron chi connectivity index (χ4n) is 6.72. The number of anilines is 4. The first-order valence-electron chi connectivity index (χ1n) is 14.9. The zero-order chi connectivity index (χ0) is 32.1. The molecule has 1 aliphatic carbocycles. The van der Waals surface area contributed by atoms with E-state index < -0.39 is 6.67 Å². The number of para-hydroxylation sites is 1. The zero-order valence-electron chi connectivity index (χ0n) is 26.0. The molecule has 0 radical (unpaired) electrons. The van der Waals surface area contributed by atoms with Crippen molar-refractivity contribution >= 4 is 39.8 Å². The number of ether oxygens (including phenoxy) is 1. The van der Waals surface area contributed by atoms with Gasteiger partial charge in [-0.25, -0.2) is 14.4 Å². The van der Waals surface area contributed by atoms with Crippen LogP contribution < -0.4 is 20.3 Å². The monoisotopic (exact) mass is 623 g/mol. The third-order valence-corrected chi connectivity index (χ3v) is 8.92. The van der Waals surface area contributed by atoms with Crippen LogP contribution in [0.5, 0.6) is 5.75 Å². The van der Waals surface area contributed by atoms with Crippen LogP contribution in [0.4, 0.5) is 27.4 Å². The van der Waals surface area contributed by atoms with Gasteiger partial charge < -0.3 is 34.2 Å². The number of likely N-dealkylation sites (tertiary alicyclic amines) is 1. The summed E-state index contributed by atoms with van der Waals surface area (Å²) in [5.74, 6) is 1.63. The maximum Gasteiger partial charge on any atom is 0.251 e. The first kappa shape index (κ1) is 29.4. The topological polar surface area (TPSA) is 126 Å². The molecule has 2 atom stereocenters. The van der Waals surface area contributed by atoms with E-state index in [9.17, 15) is 9.18 Å². The van der Waals surface area contributed by atoms with Crippen LogP contribution in [-0.4, -0.2) is 75.9 Å². The van der Waals surface area contributed by atoms with Gasteiger partial charge in [0.2, 0.25) is 17.7 Å². The zero-order valence-corrected chi connectivity index (χ0v) is 26.0. The molecule has 1 saturated carbocycles. The first-order chi connectivity index (χ1) is 22.3. The number of benzene rings is 2. The molecule has 2 N–H and O–H groups in total. The Bertz CT molecular complexity index is 1960. The van der Waals surface area contributed by atoms with Gasteiger partial charge in [0.15, 0.2) is 6.67 Å². The fraction of sp³-hybridized carbons (Fsp3) is 0.303. The van der Waals surface area contributed by atoms with Crippen molar-refractivity contribution in [3.8, 4) is 28.5 Å². The highest BCUT2D eigenvalue weighted by molar-refractivity contribution is 6.02. The lowest BCUT2D eigenvalue weighted by Gasteiger charge is -2.27. The number of alkyl halides is 1. The molecule has 5 aromatic rings. The Morgan fingerprint density at radius 1 is 1.17 bits per heavy atom. The number of hydrogen-bond acceptors (Lipinski definition) is 10. The molecule has 1 aliphatic heterocycles. The van der Waals surface area contributed by atoms with E-state index in [0.29, 0.717) is 46.3 Å². The third kappa shape index (κ3) is 5.11. The van der Waals surface area contributed by atoms with Gasteiger partial charge in [-0.2, -0.15) is 0 Å². The van der Waals surface area contributed by atoms with Crippen molar-refractivity contribution in [3.63, 3.8) is 0 Å². The van der Waals surface area contributed by atoms with E-state index in [1.165, 1.54) is 6.08 Å². The van der Waals surface area contributed by atoms with Crippen LogP contribution in [0.3, 0.4) is 0 Å². The van der Waals surface area contributed by atoms with Crippen molar-refractivity contribution < 1.29 is 18.3 Å². The second kappa shape index (κ2) is 11.6. The lowest BCUT2D eigenvalue weighted by atomic mass is 10.1. The maximum absolute atomic E-state index is 13.3. The van der Waals surface area contributed by atoms with Gasteiger partial charge in [-0.05, 0) is 37.1 Å². The number of hydrogen-bond donors (Lipinski definition) is 2. The number of piperidine rings is 1. The Hall–Kier alpha value is -5.30. The van der Waals surface area contributed by atoms with Crippen molar-refractivity contribution in [1.82, 2.24) is 29.6 Å². The van der Waals surface area contributed by atoms with Gasteiger partial charge in [-0.15, -0.1) is 10.2 Å². The Morgan fingerprint density at radius 2 is 1.96 bits per heavy atom. The van der Waals surface area contributed by atoms with Crippen LogP contribution in [0.2, 0.25) is 0 Å². The van der Waals surface area contributed by atoms with E-state index in [1.807, 2.05) is 54.2 Å². The van der Waals surface area contributed by atoms with Gasteiger partial charge in [0.25, 0.3) is 5.89 Å². The number of carbonyl (C=O) groups is 1. The molecular formula is C33H34FN9O3. The second-order valence-corrected chi connectivity index (χ2v) is 11.8. The molecule has 236 valence electrons. The van der Waals surface area contributed by atoms with Gasteiger partial charge in [0, 0.05) is 68.2 Å². The molecule has 1 amide bonds. The van der Waals surface area contributed by atoms with Crippen LogP contribution >= 0.6 is 0 Å². The summed E-state index contributed by atoms with van der Waals surface area (Å²) in [6.45, 7) is 4.85. The van der Waals surface area contributed by atoms with Gasteiger partial charge in [-0.3, -0.25) is 4.79 Å². The molecular weight excluding hydrogens is 589 g/mol. The average Bonchev–Trinajstić information content (AvgIpc) is 3.41. The van der Waals surface area contributed by atoms with E-state index in [1.54, 1.807) is 13.3 Å². The Kier molecular flexibility index (Phi) is 7.40. The normalized spacial score (nSPS) is 18.8. The van der Waals surface area contributed by atoms with E-state index in [0.717, 1.165) is 35.2 Å². The van der Waals surface area contributed by atoms with Gasteiger partial charge >= 0.3 is 0 Å². The molecule has 46 heavy (non-hydrogen) atoms. The Morgan fingerprint density at radius 3 is 2.67 bits per heavy atom. The lowest BCUT2D eigenvalue weighted by molar-refractivity contribution is -0.111. The number of halogens is 1. The van der Waals surface area contributed by atoms with Gasteiger partial charge in [0.1, 0.15) is 5.75 Å². The molecule has 13 heteroatoms. The maximum atomic E-state index is 13.3. The Balaban J connectivity index is 1.30. The van der Waals surface area contributed by atoms with Crippen molar-refractivity contribution in [2.75, 3.05) is 49.8 Å². The summed E-state index contributed by atoms with van der Waals surface area (Å²) in [6.07, 6.45) is 4.78. The minimum absolute atomic E-state index is 0.109. The third-order valence-electron chi connectivity index (χ3n) is 8.92. The molecule has 0 bridgehead atoms. The lowest BCUT2D eigenvalue weighted by Crippen LogP contribution is -2.31. The van der Waals surface area contributed by atoms with Crippen LogP contribution in [0, 0.1) is 11.8 Å². The van der Waals surface area contributed by atoms with Crippen molar-refractivity contribution in [1.29, 1.82) is 0 Å². The summed E-state index contributed by atoms with van der Waals surface area (Å²) >= 11 is 0. The molecule has 2 aliphatic rings. The molecule has 12 nitrogen and oxygen atoms in total. The van der Waals surface area contributed by atoms with Crippen LogP contribution in [0.1, 0.15) is 5.89 Å². The second-order valence-electron chi connectivity index (χ2n) is 11.8. The SMILES string of the molecule is C=CC(=O)Nc1cc(Nc2ncc(-c3nnc(CF)o3)c(-c3cn(C)c4ccccc34)n2)c(OC)cc1N(C)C1C2CN(C)CC21. The number of amides is 1. The minimum Gasteiger partial charge on any atom is -0.494 e. The summed E-state index contributed by atoms with van der Waals surface area (Å²) in [5.41, 5.74) is 4.77. The molecule has 1 saturated heterocycles. The molecule has 2 fully saturated rings. The molecule has 4 heterocycles. The summed E-state index contributed by atoms with van der Waals surface area (Å²) in [4.78, 5) is 26.6. The van der Waals surface area contributed by atoms with Gasteiger partial charge in [0.05, 0.1) is 35.4 Å². The predicted octanol–water partition coefficient (Wildman–Crippen LogP) is 5.03. The molecule has 2 aromatic carbocycles. The molecule has 0 spiro atoms. The van der Waals surface area contributed by atoms with E-state index >= 15 is 0 Å². The summed E-state index contributed by atoms with van der Waals surface area (Å²) < 4.78 is 26.7. The highest BCUT2D eigenvalue weighted by atomic mass is 19.1. The van der Waals surface area contributed by atoms with Crippen LogP contribution in [0.25, 0.3) is 33.6 Å². The van der Waals surface area contributed by atoms with E-state index in [4.69, 9.17) is 14.1 Å². The summed E-state index contributed by atoms with van der Waals surface area (Å²) in [7, 11) is 7.75. The minimum atomic E-state index is -0.883. The smallest absolute Gasteiger partial charge is 0.251 e. The number of nitrogens with zero attached hydrogens (tertiary/aromatic N) is 7. The van der Waals surface area contributed by atoms with Crippen LogP contribution in [-0.2, 0) is 18.5 Å².